The van der Waals surface area contributed by atoms with Gasteiger partial charge in [-0.3, -0.25) is 14.5 Å². The Morgan fingerprint density at radius 1 is 1.02 bits per heavy atom. The normalized spacial score (nSPS) is 23.9. The van der Waals surface area contributed by atoms with Gasteiger partial charge in [0.1, 0.15) is 0 Å². The molecule has 3 fully saturated rings. The van der Waals surface area contributed by atoms with Crippen LogP contribution in [0.15, 0.2) is 59.5 Å². The van der Waals surface area contributed by atoms with Gasteiger partial charge < -0.3 is 10.2 Å². The first-order valence-electron chi connectivity index (χ1n) is 14.2. The lowest BCUT2D eigenvalue weighted by atomic mass is 9.74. The number of benzene rings is 2. The van der Waals surface area contributed by atoms with E-state index in [9.17, 15) is 18.0 Å². The second-order valence-corrected chi connectivity index (χ2v) is 14.2. The molecular weight excluding hydrogens is 546 g/mol. The molecule has 0 radical (unpaired) electrons. The average Bonchev–Trinajstić information content (AvgIpc) is 3.50. The highest BCUT2D eigenvalue weighted by molar-refractivity contribution is 7.90. The number of rotatable bonds is 8. The minimum atomic E-state index is -3.24. The summed E-state index contributed by atoms with van der Waals surface area (Å²) in [6, 6.07) is 17.3. The van der Waals surface area contributed by atoms with Crippen LogP contribution in [-0.4, -0.2) is 74.9 Å². The molecule has 1 spiro atoms. The van der Waals surface area contributed by atoms with Gasteiger partial charge in [-0.2, -0.15) is 0 Å². The quantitative estimate of drug-likeness (QED) is 0.504. The lowest BCUT2D eigenvalue weighted by Crippen LogP contribution is -2.54. The zero-order valence-electron chi connectivity index (χ0n) is 23.7. The Morgan fingerprint density at radius 2 is 1.68 bits per heavy atom. The summed E-state index contributed by atoms with van der Waals surface area (Å²) in [6.07, 6.45) is 3.55. The maximum Gasteiger partial charge on any atom is 0.223 e. The van der Waals surface area contributed by atoms with Crippen molar-refractivity contribution in [3.05, 3.63) is 65.7 Å². The van der Waals surface area contributed by atoms with E-state index >= 15 is 0 Å². The first-order valence-corrected chi connectivity index (χ1v) is 16.1. The number of carbonyl (C=O) groups is 2. The third-order valence-corrected chi connectivity index (χ3v) is 10.3. The Labute approximate surface area is 245 Å². The molecule has 0 saturated carbocycles. The van der Waals surface area contributed by atoms with Crippen LogP contribution in [0.5, 0.6) is 0 Å². The Balaban J connectivity index is 0.00000370. The molecule has 3 aliphatic heterocycles. The minimum absolute atomic E-state index is 0. The standard InChI is InChI=1S/C31H41N3O4S.ClH/c1-22(2)30(36)29(27-19-32-18-26(27)24-7-5-4-6-8-24)33-15-13-31(14-16-33)17-28(35)34(21-31)20-23-9-11-25(12-10-23)39(3,37)38;/h4-12,22,26-27,29,32H,13-21H2,1-3H3;1H/t26-,27-,29?;/m1./s1. The van der Waals surface area contributed by atoms with Crippen molar-refractivity contribution in [2.45, 2.75) is 56.5 Å². The van der Waals surface area contributed by atoms with Gasteiger partial charge >= 0.3 is 0 Å². The summed E-state index contributed by atoms with van der Waals surface area (Å²) in [6.45, 7) is 8.62. The van der Waals surface area contributed by atoms with Crippen LogP contribution in [-0.2, 0) is 26.0 Å². The number of halogens is 1. The molecule has 5 rings (SSSR count). The number of ketones is 1. The molecule has 2 aromatic carbocycles. The fraction of sp³-hybridized carbons (Fsp3) is 0.548. The molecule has 1 N–H and O–H groups in total. The van der Waals surface area contributed by atoms with Crippen molar-refractivity contribution in [3.8, 4) is 0 Å². The Bertz CT molecular complexity index is 1290. The second kappa shape index (κ2) is 12.3. The SMILES string of the molecule is CC(C)C(=O)C([C@@H]1CNC[C@@H]1c1ccccc1)N1CCC2(CC1)CC(=O)N(Cc1ccc(S(C)(=O)=O)cc1)C2.Cl. The van der Waals surface area contributed by atoms with E-state index in [2.05, 4.69) is 34.5 Å². The van der Waals surface area contributed by atoms with E-state index in [0.717, 1.165) is 44.6 Å². The van der Waals surface area contributed by atoms with E-state index in [1.807, 2.05) is 24.8 Å². The van der Waals surface area contributed by atoms with Crippen molar-refractivity contribution in [2.75, 3.05) is 39.0 Å². The molecule has 1 amide bonds. The van der Waals surface area contributed by atoms with Gasteiger partial charge in [0, 0.05) is 56.6 Å². The molecule has 40 heavy (non-hydrogen) atoms. The zero-order chi connectivity index (χ0) is 27.8. The summed E-state index contributed by atoms with van der Waals surface area (Å²) >= 11 is 0. The molecule has 3 atom stereocenters. The molecule has 9 heteroatoms. The van der Waals surface area contributed by atoms with Gasteiger partial charge in [0.25, 0.3) is 0 Å². The average molecular weight is 588 g/mol. The molecule has 0 aromatic heterocycles. The van der Waals surface area contributed by atoms with Crippen LogP contribution in [0, 0.1) is 17.3 Å². The van der Waals surface area contributed by atoms with Gasteiger partial charge in [0.05, 0.1) is 10.9 Å². The maximum atomic E-state index is 13.6. The predicted molar refractivity (Wildman–Crippen MR) is 159 cm³/mol. The number of sulfone groups is 1. The molecule has 0 aliphatic carbocycles. The molecular formula is C31H42ClN3O4S. The molecule has 218 valence electrons. The van der Waals surface area contributed by atoms with E-state index in [-0.39, 0.29) is 41.6 Å². The number of Topliss-reactive ketones (excluding diaryl/α,β-unsaturated/α-hetero) is 1. The molecule has 2 aromatic rings. The summed E-state index contributed by atoms with van der Waals surface area (Å²) in [5, 5.41) is 3.57. The van der Waals surface area contributed by atoms with E-state index in [4.69, 9.17) is 0 Å². The lowest BCUT2D eigenvalue weighted by molar-refractivity contribution is -0.131. The van der Waals surface area contributed by atoms with Crippen LogP contribution >= 0.6 is 12.4 Å². The maximum absolute atomic E-state index is 13.6. The Morgan fingerprint density at radius 3 is 2.27 bits per heavy atom. The summed E-state index contributed by atoms with van der Waals surface area (Å²) in [5.74, 6) is 0.998. The number of amides is 1. The van der Waals surface area contributed by atoms with Crippen molar-refractivity contribution in [1.29, 1.82) is 0 Å². The zero-order valence-corrected chi connectivity index (χ0v) is 25.3. The fourth-order valence-electron chi connectivity index (χ4n) is 6.90. The van der Waals surface area contributed by atoms with Gasteiger partial charge in [-0.25, -0.2) is 8.42 Å². The van der Waals surface area contributed by atoms with Crippen molar-refractivity contribution >= 4 is 33.9 Å². The molecule has 7 nitrogen and oxygen atoms in total. The van der Waals surface area contributed by atoms with Gasteiger partial charge in [-0.05, 0) is 54.6 Å². The van der Waals surface area contributed by atoms with Crippen LogP contribution in [0.3, 0.4) is 0 Å². The molecule has 3 heterocycles. The first kappa shape index (κ1) is 30.7. The topological polar surface area (TPSA) is 86.8 Å². The Hall–Kier alpha value is -2.26. The summed E-state index contributed by atoms with van der Waals surface area (Å²) in [7, 11) is -3.24. The molecule has 3 saturated heterocycles. The summed E-state index contributed by atoms with van der Waals surface area (Å²) in [5.41, 5.74) is 2.18. The van der Waals surface area contributed by atoms with Crippen LogP contribution in [0.2, 0.25) is 0 Å². The van der Waals surface area contributed by atoms with Crippen LogP contribution in [0.4, 0.5) is 0 Å². The molecule has 3 aliphatic rings. The number of hydrogen-bond donors (Lipinski definition) is 1. The van der Waals surface area contributed by atoms with E-state index < -0.39 is 9.84 Å². The van der Waals surface area contributed by atoms with E-state index in [1.165, 1.54) is 11.8 Å². The second-order valence-electron chi connectivity index (χ2n) is 12.2. The van der Waals surface area contributed by atoms with Crippen molar-refractivity contribution < 1.29 is 18.0 Å². The number of likely N-dealkylation sites (tertiary alicyclic amines) is 2. The third-order valence-electron chi connectivity index (χ3n) is 9.14. The molecule has 0 bridgehead atoms. The smallest absolute Gasteiger partial charge is 0.223 e. The van der Waals surface area contributed by atoms with Crippen molar-refractivity contribution in [2.24, 2.45) is 17.3 Å². The summed E-state index contributed by atoms with van der Waals surface area (Å²) < 4.78 is 23.6. The highest BCUT2D eigenvalue weighted by Crippen LogP contribution is 2.43. The van der Waals surface area contributed by atoms with Gasteiger partial charge in [-0.15, -0.1) is 12.4 Å². The summed E-state index contributed by atoms with van der Waals surface area (Å²) in [4.78, 5) is 31.3. The number of nitrogens with zero attached hydrogens (tertiary/aromatic N) is 2. The predicted octanol–water partition coefficient (Wildman–Crippen LogP) is 3.92. The Kier molecular flexibility index (Phi) is 9.45. The third kappa shape index (κ3) is 6.46. The largest absolute Gasteiger partial charge is 0.338 e. The monoisotopic (exact) mass is 587 g/mol. The highest BCUT2D eigenvalue weighted by Gasteiger charge is 2.48. The van der Waals surface area contributed by atoms with Crippen molar-refractivity contribution in [3.63, 3.8) is 0 Å². The molecule has 1 unspecified atom stereocenters. The number of hydrogen-bond acceptors (Lipinski definition) is 6. The number of piperidine rings is 1. The highest BCUT2D eigenvalue weighted by atomic mass is 35.5. The van der Waals surface area contributed by atoms with Crippen molar-refractivity contribution in [1.82, 2.24) is 15.1 Å². The van der Waals surface area contributed by atoms with E-state index in [0.29, 0.717) is 36.1 Å². The first-order chi connectivity index (χ1) is 18.6. The van der Waals surface area contributed by atoms with Crippen LogP contribution in [0.25, 0.3) is 0 Å². The van der Waals surface area contributed by atoms with Crippen LogP contribution in [0.1, 0.15) is 50.2 Å². The lowest BCUT2D eigenvalue weighted by Gasteiger charge is -2.44. The van der Waals surface area contributed by atoms with Gasteiger partial charge in [0.15, 0.2) is 15.6 Å². The van der Waals surface area contributed by atoms with Crippen LogP contribution < -0.4 is 5.32 Å². The van der Waals surface area contributed by atoms with E-state index in [1.54, 1.807) is 24.3 Å². The fourth-order valence-corrected chi connectivity index (χ4v) is 7.53. The number of carbonyl (C=O) groups excluding carboxylic acids is 2. The van der Waals surface area contributed by atoms with Gasteiger partial charge in [0.2, 0.25) is 5.91 Å². The van der Waals surface area contributed by atoms with Gasteiger partial charge in [-0.1, -0.05) is 56.3 Å². The minimum Gasteiger partial charge on any atom is -0.338 e. The number of nitrogens with one attached hydrogen (secondary N) is 1.